The van der Waals surface area contributed by atoms with Crippen LogP contribution in [-0.2, 0) is 5.41 Å². The molecule has 0 aliphatic heterocycles. The lowest BCUT2D eigenvalue weighted by molar-refractivity contribution is 0.548. The summed E-state index contributed by atoms with van der Waals surface area (Å²) in [7, 11) is 0. The van der Waals surface area contributed by atoms with Crippen molar-refractivity contribution >= 4 is 0 Å². The minimum atomic E-state index is -0.319. The maximum atomic E-state index is 14.0. The minimum absolute atomic E-state index is 0.138. The number of halogens is 1. The number of hydrogen-bond acceptors (Lipinski definition) is 0. The van der Waals surface area contributed by atoms with Gasteiger partial charge in [0.25, 0.3) is 0 Å². The summed E-state index contributed by atoms with van der Waals surface area (Å²) in [5.41, 5.74) is 2.88. The van der Waals surface area contributed by atoms with Crippen LogP contribution in [0.3, 0.4) is 0 Å². The SMILES string of the molecule is CC(C)c1ccc(C(C)(C)c2ccccc2F)cc1. The lowest BCUT2D eigenvalue weighted by Crippen LogP contribution is -2.20. The van der Waals surface area contributed by atoms with Gasteiger partial charge in [0.1, 0.15) is 5.82 Å². The zero-order valence-corrected chi connectivity index (χ0v) is 12.1. The highest BCUT2D eigenvalue weighted by Crippen LogP contribution is 2.33. The minimum Gasteiger partial charge on any atom is -0.207 e. The van der Waals surface area contributed by atoms with Gasteiger partial charge >= 0.3 is 0 Å². The van der Waals surface area contributed by atoms with Gasteiger partial charge in [0.15, 0.2) is 0 Å². The normalized spacial score (nSPS) is 11.9. The largest absolute Gasteiger partial charge is 0.207 e. The highest BCUT2D eigenvalue weighted by atomic mass is 19.1. The molecule has 0 aliphatic carbocycles. The van der Waals surface area contributed by atoms with Gasteiger partial charge in [0.2, 0.25) is 0 Å². The Labute approximate surface area is 115 Å². The molecule has 0 amide bonds. The van der Waals surface area contributed by atoms with Crippen LogP contribution in [0.4, 0.5) is 4.39 Å². The monoisotopic (exact) mass is 256 g/mol. The molecule has 1 heteroatoms. The van der Waals surface area contributed by atoms with Crippen LogP contribution in [0.2, 0.25) is 0 Å². The quantitative estimate of drug-likeness (QED) is 0.701. The van der Waals surface area contributed by atoms with Gasteiger partial charge in [-0.1, -0.05) is 70.2 Å². The van der Waals surface area contributed by atoms with Gasteiger partial charge in [-0.25, -0.2) is 4.39 Å². The Kier molecular flexibility index (Phi) is 3.75. The molecule has 0 bridgehead atoms. The fraction of sp³-hybridized carbons (Fsp3) is 0.333. The summed E-state index contributed by atoms with van der Waals surface area (Å²) in [6.45, 7) is 8.49. The second kappa shape index (κ2) is 5.16. The molecule has 0 heterocycles. The first-order chi connectivity index (χ1) is 8.93. The molecule has 0 aromatic heterocycles. The van der Waals surface area contributed by atoms with Crippen LogP contribution in [-0.4, -0.2) is 0 Å². The van der Waals surface area contributed by atoms with E-state index in [0.29, 0.717) is 5.92 Å². The lowest BCUT2D eigenvalue weighted by Gasteiger charge is -2.27. The summed E-state index contributed by atoms with van der Waals surface area (Å²) >= 11 is 0. The maximum Gasteiger partial charge on any atom is 0.127 e. The zero-order valence-electron chi connectivity index (χ0n) is 12.1. The predicted octanol–water partition coefficient (Wildman–Crippen LogP) is 5.28. The number of hydrogen-bond donors (Lipinski definition) is 0. The van der Waals surface area contributed by atoms with Crippen molar-refractivity contribution < 1.29 is 4.39 Å². The molecule has 0 nitrogen and oxygen atoms in total. The summed E-state index contributed by atoms with van der Waals surface area (Å²) in [5, 5.41) is 0. The van der Waals surface area contributed by atoms with Gasteiger partial charge in [-0.15, -0.1) is 0 Å². The van der Waals surface area contributed by atoms with Gasteiger partial charge in [0.05, 0.1) is 0 Å². The van der Waals surface area contributed by atoms with E-state index in [1.165, 1.54) is 11.6 Å². The second-order valence-corrected chi connectivity index (χ2v) is 5.88. The van der Waals surface area contributed by atoms with Crippen LogP contribution < -0.4 is 0 Å². The van der Waals surface area contributed by atoms with E-state index in [-0.39, 0.29) is 11.2 Å². The van der Waals surface area contributed by atoms with E-state index in [0.717, 1.165) is 11.1 Å². The predicted molar refractivity (Wildman–Crippen MR) is 79.1 cm³/mol. The van der Waals surface area contributed by atoms with Crippen molar-refractivity contribution in [3.05, 3.63) is 71.0 Å². The molecule has 2 aromatic rings. The Morgan fingerprint density at radius 3 is 2.00 bits per heavy atom. The molecule has 2 aromatic carbocycles. The van der Waals surface area contributed by atoms with E-state index in [4.69, 9.17) is 0 Å². The summed E-state index contributed by atoms with van der Waals surface area (Å²) in [4.78, 5) is 0. The molecule has 0 saturated carbocycles. The van der Waals surface area contributed by atoms with Crippen molar-refractivity contribution in [2.24, 2.45) is 0 Å². The Balaban J connectivity index is 2.42. The fourth-order valence-electron chi connectivity index (χ4n) is 2.41. The first-order valence-corrected chi connectivity index (χ1v) is 6.78. The number of benzene rings is 2. The molecule has 0 unspecified atom stereocenters. The summed E-state index contributed by atoms with van der Waals surface area (Å²) in [6, 6.07) is 15.5. The zero-order chi connectivity index (χ0) is 14.0. The van der Waals surface area contributed by atoms with Crippen molar-refractivity contribution in [1.29, 1.82) is 0 Å². The average Bonchev–Trinajstić information content (AvgIpc) is 2.39. The van der Waals surface area contributed by atoms with Crippen molar-refractivity contribution in [2.45, 2.75) is 39.0 Å². The van der Waals surface area contributed by atoms with Gasteiger partial charge in [0, 0.05) is 5.41 Å². The highest BCUT2D eigenvalue weighted by molar-refractivity contribution is 5.39. The molecule has 0 fully saturated rings. The van der Waals surface area contributed by atoms with Gasteiger partial charge < -0.3 is 0 Å². The first kappa shape index (κ1) is 13.8. The van der Waals surface area contributed by atoms with Crippen molar-refractivity contribution in [3.63, 3.8) is 0 Å². The second-order valence-electron chi connectivity index (χ2n) is 5.88. The van der Waals surface area contributed by atoms with E-state index in [2.05, 4.69) is 52.0 Å². The van der Waals surface area contributed by atoms with E-state index in [1.807, 2.05) is 12.1 Å². The molecule has 100 valence electrons. The van der Waals surface area contributed by atoms with Crippen LogP contribution in [0.25, 0.3) is 0 Å². The molecule has 0 radical (unpaired) electrons. The van der Waals surface area contributed by atoms with E-state index in [9.17, 15) is 4.39 Å². The first-order valence-electron chi connectivity index (χ1n) is 6.78. The smallest absolute Gasteiger partial charge is 0.127 e. The molecule has 2 rings (SSSR count). The van der Waals surface area contributed by atoms with Crippen LogP contribution >= 0.6 is 0 Å². The number of rotatable bonds is 3. The fourth-order valence-corrected chi connectivity index (χ4v) is 2.41. The van der Waals surface area contributed by atoms with E-state index in [1.54, 1.807) is 6.07 Å². The van der Waals surface area contributed by atoms with E-state index >= 15 is 0 Å². The lowest BCUT2D eigenvalue weighted by atomic mass is 9.77. The highest BCUT2D eigenvalue weighted by Gasteiger charge is 2.25. The van der Waals surface area contributed by atoms with Crippen LogP contribution in [0, 0.1) is 5.82 Å². The molecular weight excluding hydrogens is 235 g/mol. The van der Waals surface area contributed by atoms with Gasteiger partial charge in [-0.3, -0.25) is 0 Å². The third-order valence-corrected chi connectivity index (χ3v) is 3.85. The standard InChI is InChI=1S/C18H21F/c1-13(2)14-9-11-15(12-10-14)18(3,4)16-7-5-6-8-17(16)19/h5-13H,1-4H3. The Morgan fingerprint density at radius 2 is 1.47 bits per heavy atom. The summed E-state index contributed by atoms with van der Waals surface area (Å²) in [6.07, 6.45) is 0. The van der Waals surface area contributed by atoms with Crippen LogP contribution in [0.1, 0.15) is 50.3 Å². The summed E-state index contributed by atoms with van der Waals surface area (Å²) < 4.78 is 14.0. The average molecular weight is 256 g/mol. The molecule has 0 spiro atoms. The third-order valence-electron chi connectivity index (χ3n) is 3.85. The van der Waals surface area contributed by atoms with Crippen LogP contribution in [0.15, 0.2) is 48.5 Å². The molecule has 19 heavy (non-hydrogen) atoms. The maximum absolute atomic E-state index is 14.0. The molecule has 0 N–H and O–H groups in total. The Bertz CT molecular complexity index is 550. The van der Waals surface area contributed by atoms with Gasteiger partial charge in [-0.2, -0.15) is 0 Å². The van der Waals surface area contributed by atoms with Crippen molar-refractivity contribution in [1.82, 2.24) is 0 Å². The molecule has 0 aliphatic rings. The Morgan fingerprint density at radius 1 is 0.895 bits per heavy atom. The van der Waals surface area contributed by atoms with Crippen LogP contribution in [0.5, 0.6) is 0 Å². The van der Waals surface area contributed by atoms with Crippen molar-refractivity contribution in [3.8, 4) is 0 Å². The van der Waals surface area contributed by atoms with E-state index < -0.39 is 0 Å². The Hall–Kier alpha value is -1.63. The summed E-state index contributed by atoms with van der Waals surface area (Å²) in [5.74, 6) is 0.381. The molecule has 0 atom stereocenters. The van der Waals surface area contributed by atoms with Crippen molar-refractivity contribution in [2.75, 3.05) is 0 Å². The molecule has 0 saturated heterocycles. The van der Waals surface area contributed by atoms with Gasteiger partial charge in [-0.05, 0) is 28.7 Å². The molecular formula is C18H21F. The third kappa shape index (κ3) is 2.70. The topological polar surface area (TPSA) is 0 Å².